The highest BCUT2D eigenvalue weighted by molar-refractivity contribution is 5.81. The van der Waals surface area contributed by atoms with Crippen LogP contribution in [0.4, 0.5) is 0 Å². The van der Waals surface area contributed by atoms with Crippen molar-refractivity contribution in [3.8, 4) is 0 Å². The molecule has 6 nitrogen and oxygen atoms in total. The number of rotatable bonds is 10. The molecule has 0 aliphatic rings. The van der Waals surface area contributed by atoms with Gasteiger partial charge in [0.1, 0.15) is 0 Å². The Morgan fingerprint density at radius 2 is 1.95 bits per heavy atom. The van der Waals surface area contributed by atoms with Crippen molar-refractivity contribution in [2.24, 2.45) is 4.99 Å². The third kappa shape index (κ3) is 10.6. The predicted molar refractivity (Wildman–Crippen MR) is 83.0 cm³/mol. The van der Waals surface area contributed by atoms with Gasteiger partial charge in [-0.3, -0.25) is 9.79 Å². The number of nitrogens with one attached hydrogen (secondary N) is 2. The van der Waals surface area contributed by atoms with E-state index in [1.165, 1.54) is 0 Å². The highest BCUT2D eigenvalue weighted by Gasteiger charge is 2.03. The van der Waals surface area contributed by atoms with Gasteiger partial charge in [0, 0.05) is 53.4 Å². The Kier molecular flexibility index (Phi) is 11.9. The molecule has 0 bridgehead atoms. The number of nitrogens with zero attached hydrogens (tertiary/aromatic N) is 2. The summed E-state index contributed by atoms with van der Waals surface area (Å²) in [6, 6.07) is 0. The van der Waals surface area contributed by atoms with Crippen LogP contribution < -0.4 is 10.6 Å². The van der Waals surface area contributed by atoms with Gasteiger partial charge in [-0.25, -0.2) is 0 Å². The van der Waals surface area contributed by atoms with Gasteiger partial charge in [0.05, 0.1) is 0 Å². The van der Waals surface area contributed by atoms with Gasteiger partial charge in [0.15, 0.2) is 5.96 Å². The van der Waals surface area contributed by atoms with E-state index in [4.69, 9.17) is 4.74 Å². The lowest BCUT2D eigenvalue weighted by Gasteiger charge is -2.13. The van der Waals surface area contributed by atoms with Gasteiger partial charge < -0.3 is 20.3 Å². The molecule has 0 spiro atoms. The average molecular weight is 286 g/mol. The molecule has 0 saturated carbocycles. The molecule has 0 aromatic rings. The van der Waals surface area contributed by atoms with E-state index in [2.05, 4.69) is 15.6 Å². The van der Waals surface area contributed by atoms with Crippen LogP contribution in [0, 0.1) is 0 Å². The topological polar surface area (TPSA) is 66.0 Å². The first-order chi connectivity index (χ1) is 9.61. The number of carbonyl (C=O) groups excluding carboxylic acids is 1. The number of carbonyl (C=O) groups is 1. The Labute approximate surface area is 123 Å². The summed E-state index contributed by atoms with van der Waals surface area (Å²) in [7, 11) is 3.53. The van der Waals surface area contributed by atoms with Gasteiger partial charge in [-0.15, -0.1) is 0 Å². The molecule has 0 atom stereocenters. The summed E-state index contributed by atoms with van der Waals surface area (Å²) in [5.41, 5.74) is 0. The van der Waals surface area contributed by atoms with E-state index >= 15 is 0 Å². The van der Waals surface area contributed by atoms with E-state index in [1.807, 2.05) is 13.8 Å². The molecule has 118 valence electrons. The van der Waals surface area contributed by atoms with Crippen LogP contribution in [0.5, 0.6) is 0 Å². The Hall–Kier alpha value is -1.30. The van der Waals surface area contributed by atoms with Crippen molar-refractivity contribution in [2.75, 3.05) is 46.9 Å². The first-order valence-corrected chi connectivity index (χ1v) is 7.41. The fourth-order valence-electron chi connectivity index (χ4n) is 1.50. The second-order valence-electron chi connectivity index (χ2n) is 4.63. The average Bonchev–Trinajstić information content (AvgIpc) is 2.42. The minimum absolute atomic E-state index is 0.116. The van der Waals surface area contributed by atoms with Crippen LogP contribution in [0.2, 0.25) is 0 Å². The maximum atomic E-state index is 11.5. The number of aliphatic imine (C=N–C) groups is 1. The Bertz CT molecular complexity index is 280. The normalized spacial score (nSPS) is 11.3. The molecule has 20 heavy (non-hydrogen) atoms. The first kappa shape index (κ1) is 18.7. The van der Waals surface area contributed by atoms with Gasteiger partial charge in [0.2, 0.25) is 5.91 Å². The monoisotopic (exact) mass is 286 g/mol. The zero-order chi connectivity index (χ0) is 15.2. The van der Waals surface area contributed by atoms with Crippen molar-refractivity contribution in [3.05, 3.63) is 0 Å². The lowest BCUT2D eigenvalue weighted by molar-refractivity contribution is -0.128. The van der Waals surface area contributed by atoms with Crippen LogP contribution in [-0.2, 0) is 9.53 Å². The van der Waals surface area contributed by atoms with Crippen LogP contribution in [0.25, 0.3) is 0 Å². The van der Waals surface area contributed by atoms with E-state index in [0.717, 1.165) is 45.1 Å². The fraction of sp³-hybridized carbons (Fsp3) is 0.857. The van der Waals surface area contributed by atoms with E-state index in [9.17, 15) is 4.79 Å². The van der Waals surface area contributed by atoms with Gasteiger partial charge in [-0.05, 0) is 26.7 Å². The zero-order valence-corrected chi connectivity index (χ0v) is 13.4. The molecule has 2 N–H and O–H groups in total. The van der Waals surface area contributed by atoms with Gasteiger partial charge >= 0.3 is 0 Å². The SMILES string of the molecule is CCNC(=NCCCCOCC)NCCC(=O)N(C)C. The Balaban J connectivity index is 3.87. The second-order valence-corrected chi connectivity index (χ2v) is 4.63. The number of amides is 1. The van der Waals surface area contributed by atoms with E-state index in [1.54, 1.807) is 19.0 Å². The largest absolute Gasteiger partial charge is 0.382 e. The van der Waals surface area contributed by atoms with Crippen LogP contribution in [0.1, 0.15) is 33.1 Å². The highest BCUT2D eigenvalue weighted by atomic mass is 16.5. The van der Waals surface area contributed by atoms with E-state index in [0.29, 0.717) is 13.0 Å². The summed E-state index contributed by atoms with van der Waals surface area (Å²) in [6.07, 6.45) is 2.50. The highest BCUT2D eigenvalue weighted by Crippen LogP contribution is 1.91. The van der Waals surface area contributed by atoms with Crippen LogP contribution in [0.15, 0.2) is 4.99 Å². The van der Waals surface area contributed by atoms with Crippen molar-refractivity contribution in [3.63, 3.8) is 0 Å². The molecule has 0 aromatic heterocycles. The van der Waals surface area contributed by atoms with Crippen LogP contribution in [0.3, 0.4) is 0 Å². The molecule has 0 aromatic carbocycles. The lowest BCUT2D eigenvalue weighted by Crippen LogP contribution is -2.39. The van der Waals surface area contributed by atoms with Crippen molar-refractivity contribution >= 4 is 11.9 Å². The number of hydrogen-bond acceptors (Lipinski definition) is 3. The Morgan fingerprint density at radius 1 is 1.20 bits per heavy atom. The third-order valence-electron chi connectivity index (χ3n) is 2.65. The molecule has 0 aliphatic carbocycles. The molecule has 0 unspecified atom stereocenters. The van der Waals surface area contributed by atoms with E-state index in [-0.39, 0.29) is 5.91 Å². The van der Waals surface area contributed by atoms with Crippen molar-refractivity contribution in [2.45, 2.75) is 33.1 Å². The summed E-state index contributed by atoms with van der Waals surface area (Å²) in [4.78, 5) is 17.5. The quantitative estimate of drug-likeness (QED) is 0.355. The summed E-state index contributed by atoms with van der Waals surface area (Å²) in [5.74, 6) is 0.889. The van der Waals surface area contributed by atoms with Crippen molar-refractivity contribution in [1.29, 1.82) is 0 Å². The second kappa shape index (κ2) is 12.7. The summed E-state index contributed by atoms with van der Waals surface area (Å²) >= 11 is 0. The summed E-state index contributed by atoms with van der Waals surface area (Å²) in [5, 5.41) is 6.34. The predicted octanol–water partition coefficient (Wildman–Crippen LogP) is 0.837. The summed E-state index contributed by atoms with van der Waals surface area (Å²) < 4.78 is 5.28. The van der Waals surface area contributed by atoms with Gasteiger partial charge in [-0.2, -0.15) is 0 Å². The first-order valence-electron chi connectivity index (χ1n) is 7.41. The van der Waals surface area contributed by atoms with Crippen molar-refractivity contribution in [1.82, 2.24) is 15.5 Å². The maximum absolute atomic E-state index is 11.5. The van der Waals surface area contributed by atoms with Gasteiger partial charge in [0.25, 0.3) is 0 Å². The molecular weight excluding hydrogens is 256 g/mol. The van der Waals surface area contributed by atoms with Gasteiger partial charge in [-0.1, -0.05) is 0 Å². The number of hydrogen-bond donors (Lipinski definition) is 2. The molecule has 1 amide bonds. The molecule has 6 heteroatoms. The third-order valence-corrected chi connectivity index (χ3v) is 2.65. The summed E-state index contributed by atoms with van der Waals surface area (Å²) in [6.45, 7) is 7.77. The fourth-order valence-corrected chi connectivity index (χ4v) is 1.50. The smallest absolute Gasteiger partial charge is 0.223 e. The van der Waals surface area contributed by atoms with Crippen LogP contribution >= 0.6 is 0 Å². The van der Waals surface area contributed by atoms with E-state index < -0.39 is 0 Å². The molecule has 0 radical (unpaired) electrons. The number of guanidine groups is 1. The minimum atomic E-state index is 0.116. The zero-order valence-electron chi connectivity index (χ0n) is 13.4. The molecule has 0 fully saturated rings. The lowest BCUT2D eigenvalue weighted by atomic mass is 10.3. The maximum Gasteiger partial charge on any atom is 0.223 e. The number of ether oxygens (including phenoxy) is 1. The molecule has 0 heterocycles. The molecule has 0 aliphatic heterocycles. The standard InChI is InChI=1S/C14H30N4O2/c1-5-15-14(16-10-7-8-12-20-6-2)17-11-9-13(19)18(3)4/h5-12H2,1-4H3,(H2,15,16,17). The Morgan fingerprint density at radius 3 is 2.55 bits per heavy atom. The molecular formula is C14H30N4O2. The number of unbranched alkanes of at least 4 members (excludes halogenated alkanes) is 1. The van der Waals surface area contributed by atoms with Crippen molar-refractivity contribution < 1.29 is 9.53 Å². The molecule has 0 saturated heterocycles. The minimum Gasteiger partial charge on any atom is -0.382 e. The van der Waals surface area contributed by atoms with Crippen LogP contribution in [-0.4, -0.2) is 63.7 Å². The molecule has 0 rings (SSSR count).